The van der Waals surface area contributed by atoms with Crippen molar-refractivity contribution in [2.75, 3.05) is 12.3 Å². The average Bonchev–Trinajstić information content (AvgIpc) is 2.32. The lowest BCUT2D eigenvalue weighted by atomic mass is 10.1. The summed E-state index contributed by atoms with van der Waals surface area (Å²) in [6.07, 6.45) is 1.99. The van der Waals surface area contributed by atoms with E-state index in [1.165, 1.54) is 0 Å². The Morgan fingerprint density at radius 2 is 2.17 bits per heavy atom. The first kappa shape index (κ1) is 14.4. The van der Waals surface area contributed by atoms with Gasteiger partial charge in [0.25, 0.3) is 5.91 Å². The van der Waals surface area contributed by atoms with Gasteiger partial charge in [-0.2, -0.15) is 0 Å². The van der Waals surface area contributed by atoms with Crippen molar-refractivity contribution in [2.45, 2.75) is 39.7 Å². The van der Waals surface area contributed by atoms with Crippen molar-refractivity contribution in [2.24, 2.45) is 0 Å². The molecule has 3 N–H and O–H groups in total. The fourth-order valence-electron chi connectivity index (χ4n) is 1.85. The number of carbonyl (C=O) groups excluding carboxylic acids is 1. The minimum Gasteiger partial charge on any atom is -0.491 e. The van der Waals surface area contributed by atoms with Crippen LogP contribution in [0.4, 0.5) is 5.69 Å². The molecule has 100 valence electrons. The van der Waals surface area contributed by atoms with E-state index in [0.29, 0.717) is 23.6 Å². The van der Waals surface area contributed by atoms with Crippen LogP contribution in [0.5, 0.6) is 5.75 Å². The predicted octanol–water partition coefficient (Wildman–Crippen LogP) is 2.59. The van der Waals surface area contributed by atoms with E-state index < -0.39 is 0 Å². The molecule has 0 saturated heterocycles. The fraction of sp³-hybridized carbons (Fsp3) is 0.500. The van der Waals surface area contributed by atoms with E-state index in [1.807, 2.05) is 13.8 Å². The number of nitrogen functional groups attached to an aromatic ring is 1. The SMILES string of the molecule is CCCC(C)NC(=O)c1cccc(N)c1OCC. The highest BCUT2D eigenvalue weighted by molar-refractivity contribution is 5.98. The second-order valence-corrected chi connectivity index (χ2v) is 4.32. The van der Waals surface area contributed by atoms with Gasteiger partial charge < -0.3 is 15.8 Å². The first-order chi connectivity index (χ1) is 8.60. The van der Waals surface area contributed by atoms with Crippen molar-refractivity contribution < 1.29 is 9.53 Å². The van der Waals surface area contributed by atoms with E-state index in [-0.39, 0.29) is 11.9 Å². The van der Waals surface area contributed by atoms with Gasteiger partial charge in [-0.15, -0.1) is 0 Å². The van der Waals surface area contributed by atoms with Crippen LogP contribution in [-0.4, -0.2) is 18.6 Å². The third-order valence-electron chi connectivity index (χ3n) is 2.68. The molecule has 4 nitrogen and oxygen atoms in total. The van der Waals surface area contributed by atoms with Crippen LogP contribution in [0.1, 0.15) is 44.0 Å². The summed E-state index contributed by atoms with van der Waals surface area (Å²) in [4.78, 5) is 12.1. The number of ether oxygens (including phenoxy) is 1. The maximum Gasteiger partial charge on any atom is 0.255 e. The maximum absolute atomic E-state index is 12.1. The van der Waals surface area contributed by atoms with Gasteiger partial charge in [-0.1, -0.05) is 19.4 Å². The Kier molecular flexibility index (Phi) is 5.49. The molecule has 1 unspecified atom stereocenters. The monoisotopic (exact) mass is 250 g/mol. The second-order valence-electron chi connectivity index (χ2n) is 4.32. The summed E-state index contributed by atoms with van der Waals surface area (Å²) in [5, 5.41) is 2.95. The molecule has 1 aromatic rings. The molecule has 1 amide bonds. The van der Waals surface area contributed by atoms with Gasteiger partial charge in [0.2, 0.25) is 0 Å². The molecule has 0 radical (unpaired) electrons. The Hall–Kier alpha value is -1.71. The van der Waals surface area contributed by atoms with Crippen LogP contribution in [0.3, 0.4) is 0 Å². The molecule has 0 fully saturated rings. The van der Waals surface area contributed by atoms with Crippen LogP contribution in [0.2, 0.25) is 0 Å². The predicted molar refractivity (Wildman–Crippen MR) is 73.9 cm³/mol. The molecule has 4 heteroatoms. The van der Waals surface area contributed by atoms with Gasteiger partial charge in [-0.3, -0.25) is 4.79 Å². The fourth-order valence-corrected chi connectivity index (χ4v) is 1.85. The van der Waals surface area contributed by atoms with E-state index in [0.717, 1.165) is 12.8 Å². The van der Waals surface area contributed by atoms with Crippen LogP contribution < -0.4 is 15.8 Å². The Morgan fingerprint density at radius 3 is 2.78 bits per heavy atom. The number of rotatable bonds is 6. The molecule has 0 saturated carbocycles. The van der Waals surface area contributed by atoms with Crippen LogP contribution in [-0.2, 0) is 0 Å². The maximum atomic E-state index is 12.1. The Morgan fingerprint density at radius 1 is 1.44 bits per heavy atom. The van der Waals surface area contributed by atoms with Crippen molar-refractivity contribution in [1.82, 2.24) is 5.32 Å². The molecule has 18 heavy (non-hydrogen) atoms. The number of anilines is 1. The summed E-state index contributed by atoms with van der Waals surface area (Å²) in [7, 11) is 0. The van der Waals surface area contributed by atoms with E-state index >= 15 is 0 Å². The quantitative estimate of drug-likeness (QED) is 0.763. The third-order valence-corrected chi connectivity index (χ3v) is 2.68. The van der Waals surface area contributed by atoms with Crippen molar-refractivity contribution >= 4 is 11.6 Å². The number of para-hydroxylation sites is 1. The molecule has 0 heterocycles. The standard InChI is InChI=1S/C14H22N2O2/c1-4-7-10(3)16-14(17)11-8-6-9-12(15)13(11)18-5-2/h6,8-10H,4-5,7,15H2,1-3H3,(H,16,17). The summed E-state index contributed by atoms with van der Waals surface area (Å²) < 4.78 is 5.44. The summed E-state index contributed by atoms with van der Waals surface area (Å²) in [5.74, 6) is 0.341. The largest absolute Gasteiger partial charge is 0.491 e. The Balaban J connectivity index is 2.87. The van der Waals surface area contributed by atoms with Gasteiger partial charge >= 0.3 is 0 Å². The first-order valence-corrected chi connectivity index (χ1v) is 6.42. The van der Waals surface area contributed by atoms with Gasteiger partial charge in [-0.05, 0) is 32.4 Å². The lowest BCUT2D eigenvalue weighted by Crippen LogP contribution is -2.32. The highest BCUT2D eigenvalue weighted by atomic mass is 16.5. The van der Waals surface area contributed by atoms with Crippen LogP contribution in [0.15, 0.2) is 18.2 Å². The molecule has 0 aliphatic carbocycles. The van der Waals surface area contributed by atoms with Gasteiger partial charge in [0.15, 0.2) is 5.75 Å². The summed E-state index contributed by atoms with van der Waals surface area (Å²) in [6.45, 7) is 6.44. The molecule has 0 aliphatic rings. The van der Waals surface area contributed by atoms with Gasteiger partial charge in [0.1, 0.15) is 0 Å². The van der Waals surface area contributed by atoms with E-state index in [2.05, 4.69) is 12.2 Å². The first-order valence-electron chi connectivity index (χ1n) is 6.42. The van der Waals surface area contributed by atoms with Crippen LogP contribution in [0.25, 0.3) is 0 Å². The molecular weight excluding hydrogens is 228 g/mol. The smallest absolute Gasteiger partial charge is 0.255 e. The molecule has 0 bridgehead atoms. The van der Waals surface area contributed by atoms with Crippen LogP contribution in [0, 0.1) is 0 Å². The normalized spacial score (nSPS) is 11.9. The summed E-state index contributed by atoms with van der Waals surface area (Å²) in [6, 6.07) is 5.38. The van der Waals surface area contributed by atoms with E-state index in [4.69, 9.17) is 10.5 Å². The highest BCUT2D eigenvalue weighted by Crippen LogP contribution is 2.26. The number of benzene rings is 1. The minimum absolute atomic E-state index is 0.133. The van der Waals surface area contributed by atoms with E-state index in [1.54, 1.807) is 18.2 Å². The van der Waals surface area contributed by atoms with Gasteiger partial charge in [-0.25, -0.2) is 0 Å². The lowest BCUT2D eigenvalue weighted by Gasteiger charge is -2.16. The lowest BCUT2D eigenvalue weighted by molar-refractivity contribution is 0.0934. The number of nitrogens with two attached hydrogens (primary N) is 1. The molecule has 0 spiro atoms. The van der Waals surface area contributed by atoms with Crippen molar-refractivity contribution in [3.05, 3.63) is 23.8 Å². The number of hydrogen-bond donors (Lipinski definition) is 2. The number of amides is 1. The van der Waals surface area contributed by atoms with Crippen molar-refractivity contribution in [3.63, 3.8) is 0 Å². The minimum atomic E-state index is -0.133. The zero-order valence-electron chi connectivity index (χ0n) is 11.3. The zero-order valence-corrected chi connectivity index (χ0v) is 11.3. The van der Waals surface area contributed by atoms with Gasteiger partial charge in [0, 0.05) is 6.04 Å². The highest BCUT2D eigenvalue weighted by Gasteiger charge is 2.16. The van der Waals surface area contributed by atoms with Gasteiger partial charge in [0.05, 0.1) is 17.9 Å². The molecular formula is C14H22N2O2. The van der Waals surface area contributed by atoms with Crippen molar-refractivity contribution in [1.29, 1.82) is 0 Å². The van der Waals surface area contributed by atoms with Crippen molar-refractivity contribution in [3.8, 4) is 5.75 Å². The van der Waals surface area contributed by atoms with Crippen LogP contribution >= 0.6 is 0 Å². The second kappa shape index (κ2) is 6.89. The topological polar surface area (TPSA) is 64.4 Å². The Bertz CT molecular complexity index is 405. The van der Waals surface area contributed by atoms with E-state index in [9.17, 15) is 4.79 Å². The molecule has 1 atom stereocenters. The molecule has 0 aromatic heterocycles. The molecule has 1 rings (SSSR count). The summed E-state index contributed by atoms with van der Waals surface area (Å²) >= 11 is 0. The zero-order chi connectivity index (χ0) is 13.5. The average molecular weight is 250 g/mol. The summed E-state index contributed by atoms with van der Waals surface area (Å²) in [5.41, 5.74) is 6.82. The third kappa shape index (κ3) is 3.65. The number of nitrogens with one attached hydrogen (secondary N) is 1. The molecule has 1 aromatic carbocycles. The number of carbonyl (C=O) groups is 1. The molecule has 0 aliphatic heterocycles. The number of hydrogen-bond acceptors (Lipinski definition) is 3. The Labute approximate surface area is 109 Å².